The van der Waals surface area contributed by atoms with Gasteiger partial charge in [-0.25, -0.2) is 9.07 Å². The van der Waals surface area contributed by atoms with Gasteiger partial charge in [-0.15, -0.1) is 5.10 Å². The Labute approximate surface area is 209 Å². The molecule has 1 aromatic heterocycles. The second kappa shape index (κ2) is 10.3. The fourth-order valence-electron chi connectivity index (χ4n) is 4.10. The summed E-state index contributed by atoms with van der Waals surface area (Å²) in [7, 11) is 0. The summed E-state index contributed by atoms with van der Waals surface area (Å²) in [6.45, 7) is 7.38. The lowest BCUT2D eigenvalue weighted by atomic mass is 10.00. The minimum atomic E-state index is -1.24. The predicted molar refractivity (Wildman–Crippen MR) is 138 cm³/mol. The van der Waals surface area contributed by atoms with Crippen molar-refractivity contribution in [2.75, 3.05) is 4.90 Å². The van der Waals surface area contributed by atoms with Crippen molar-refractivity contribution in [3.8, 4) is 0 Å². The predicted octanol–water partition coefficient (Wildman–Crippen LogP) is 4.82. The zero-order chi connectivity index (χ0) is 25.9. The van der Waals surface area contributed by atoms with Crippen LogP contribution in [0.15, 0.2) is 72.8 Å². The van der Waals surface area contributed by atoms with Crippen LogP contribution in [0, 0.1) is 5.82 Å². The molecule has 0 aliphatic carbocycles. The molecule has 7 nitrogen and oxygen atoms in total. The van der Waals surface area contributed by atoms with E-state index in [4.69, 9.17) is 0 Å². The Hall–Kier alpha value is -4.07. The van der Waals surface area contributed by atoms with E-state index in [1.807, 2.05) is 64.1 Å². The quantitative estimate of drug-likeness (QED) is 0.405. The van der Waals surface area contributed by atoms with Crippen LogP contribution in [0.2, 0.25) is 0 Å². The monoisotopic (exact) mass is 487 g/mol. The number of nitrogens with zero attached hydrogens (tertiary/aromatic N) is 4. The molecule has 0 fully saturated rings. The van der Waals surface area contributed by atoms with Crippen LogP contribution in [0.3, 0.4) is 0 Å². The van der Waals surface area contributed by atoms with E-state index < -0.39 is 29.2 Å². The van der Waals surface area contributed by atoms with Crippen molar-refractivity contribution in [1.29, 1.82) is 0 Å². The normalized spacial score (nSPS) is 12.4. The molecule has 0 aliphatic rings. The molecule has 4 rings (SSSR count). The summed E-state index contributed by atoms with van der Waals surface area (Å²) < 4.78 is 16.6. The van der Waals surface area contributed by atoms with Gasteiger partial charge in [0.15, 0.2) is 0 Å². The number of anilines is 1. The largest absolute Gasteiger partial charge is 0.349 e. The first kappa shape index (κ1) is 25.0. The molecule has 1 atom stereocenters. The summed E-state index contributed by atoms with van der Waals surface area (Å²) in [5.74, 6) is -1.48. The second-order valence-corrected chi connectivity index (χ2v) is 9.68. The maximum atomic E-state index is 15.1. The van der Waals surface area contributed by atoms with E-state index in [1.54, 1.807) is 24.3 Å². The van der Waals surface area contributed by atoms with Crippen molar-refractivity contribution in [3.63, 3.8) is 0 Å². The number of halogens is 1. The van der Waals surface area contributed by atoms with Crippen LogP contribution in [0.4, 0.5) is 10.1 Å². The lowest BCUT2D eigenvalue weighted by Gasteiger charge is -2.34. The summed E-state index contributed by atoms with van der Waals surface area (Å²) in [5.41, 5.74) is 2.42. The van der Waals surface area contributed by atoms with E-state index in [9.17, 15) is 9.59 Å². The summed E-state index contributed by atoms with van der Waals surface area (Å²) in [5, 5.41) is 11.2. The molecule has 186 valence electrons. The third-order valence-electron chi connectivity index (χ3n) is 5.80. The van der Waals surface area contributed by atoms with Crippen LogP contribution in [-0.2, 0) is 22.6 Å². The zero-order valence-corrected chi connectivity index (χ0v) is 20.9. The molecule has 0 spiro atoms. The Kier molecular flexibility index (Phi) is 7.15. The van der Waals surface area contributed by atoms with Crippen LogP contribution in [0.25, 0.3) is 11.0 Å². The summed E-state index contributed by atoms with van der Waals surface area (Å²) >= 11 is 0. The average molecular weight is 488 g/mol. The van der Waals surface area contributed by atoms with Gasteiger partial charge in [-0.2, -0.15) is 0 Å². The molecule has 8 heteroatoms. The fraction of sp³-hybridized carbons (Fsp3) is 0.286. The minimum Gasteiger partial charge on any atom is -0.349 e. The average Bonchev–Trinajstić information content (AvgIpc) is 3.25. The maximum Gasteiger partial charge on any atom is 0.249 e. The Morgan fingerprint density at radius 1 is 1.00 bits per heavy atom. The highest BCUT2D eigenvalue weighted by atomic mass is 19.1. The number of aryl methyl sites for hydroxylation is 1. The van der Waals surface area contributed by atoms with Gasteiger partial charge in [0.2, 0.25) is 11.8 Å². The van der Waals surface area contributed by atoms with E-state index in [0.717, 1.165) is 12.0 Å². The first-order valence-electron chi connectivity index (χ1n) is 11.9. The number of carbonyl (C=O) groups excluding carboxylic acids is 2. The number of amides is 2. The van der Waals surface area contributed by atoms with Crippen LogP contribution < -0.4 is 10.2 Å². The molecule has 1 heterocycles. The molecule has 0 unspecified atom stereocenters. The standard InChI is InChI=1S/C28H30FN5O2/c1-5-19-14-16-20(17-15-19)34(25(35)18-33-24-13-9-8-12-23(24)31-32-33)26(27(36)30-28(2,3)4)21-10-6-7-11-22(21)29/h6-17,26H,5,18H2,1-4H3,(H,30,36)/t26-/m0/s1. The van der Waals surface area contributed by atoms with Crippen molar-refractivity contribution < 1.29 is 14.0 Å². The Morgan fingerprint density at radius 2 is 1.67 bits per heavy atom. The number of fused-ring (bicyclic) bond motifs is 1. The van der Waals surface area contributed by atoms with Gasteiger partial charge in [0.25, 0.3) is 0 Å². The number of rotatable bonds is 7. The van der Waals surface area contributed by atoms with E-state index >= 15 is 4.39 Å². The molecule has 3 aromatic carbocycles. The molecular weight excluding hydrogens is 457 g/mol. The van der Waals surface area contributed by atoms with Gasteiger partial charge < -0.3 is 5.32 Å². The molecule has 1 N–H and O–H groups in total. The molecule has 0 aliphatic heterocycles. The number of benzene rings is 3. The second-order valence-electron chi connectivity index (χ2n) is 9.68. The first-order valence-corrected chi connectivity index (χ1v) is 11.9. The molecule has 4 aromatic rings. The Balaban J connectivity index is 1.83. The Bertz CT molecular complexity index is 1370. The number of nitrogens with one attached hydrogen (secondary N) is 1. The summed E-state index contributed by atoms with van der Waals surface area (Å²) in [6, 6.07) is 19.5. The highest BCUT2D eigenvalue weighted by Crippen LogP contribution is 2.31. The van der Waals surface area contributed by atoms with Crippen LogP contribution in [-0.4, -0.2) is 32.3 Å². The molecule has 0 bridgehead atoms. The van der Waals surface area contributed by atoms with Crippen LogP contribution >= 0.6 is 0 Å². The summed E-state index contributed by atoms with van der Waals surface area (Å²) in [6.07, 6.45) is 0.820. The van der Waals surface area contributed by atoms with Crippen molar-refractivity contribution in [1.82, 2.24) is 20.3 Å². The molecule has 0 saturated heterocycles. The van der Waals surface area contributed by atoms with Crippen molar-refractivity contribution in [2.45, 2.75) is 52.2 Å². The van der Waals surface area contributed by atoms with Gasteiger partial charge in [-0.05, 0) is 63.1 Å². The topological polar surface area (TPSA) is 80.1 Å². The van der Waals surface area contributed by atoms with E-state index in [0.29, 0.717) is 16.7 Å². The van der Waals surface area contributed by atoms with E-state index in [1.165, 1.54) is 21.7 Å². The lowest BCUT2D eigenvalue weighted by molar-refractivity contribution is -0.128. The van der Waals surface area contributed by atoms with E-state index in [-0.39, 0.29) is 12.1 Å². The van der Waals surface area contributed by atoms with Gasteiger partial charge in [0, 0.05) is 16.8 Å². The van der Waals surface area contributed by atoms with Crippen LogP contribution in [0.1, 0.15) is 44.9 Å². The summed E-state index contributed by atoms with van der Waals surface area (Å²) in [4.78, 5) is 29.0. The van der Waals surface area contributed by atoms with E-state index in [2.05, 4.69) is 15.6 Å². The Morgan fingerprint density at radius 3 is 2.33 bits per heavy atom. The molecule has 0 radical (unpaired) electrons. The maximum absolute atomic E-state index is 15.1. The third-order valence-corrected chi connectivity index (χ3v) is 5.80. The highest BCUT2D eigenvalue weighted by Gasteiger charge is 2.36. The number of hydrogen-bond donors (Lipinski definition) is 1. The van der Waals surface area contributed by atoms with Crippen molar-refractivity contribution >= 4 is 28.5 Å². The van der Waals surface area contributed by atoms with Crippen LogP contribution in [0.5, 0.6) is 0 Å². The minimum absolute atomic E-state index is 0.107. The highest BCUT2D eigenvalue weighted by molar-refractivity contribution is 6.01. The van der Waals surface area contributed by atoms with Gasteiger partial charge in [-0.3, -0.25) is 14.5 Å². The molecule has 36 heavy (non-hydrogen) atoms. The number of para-hydroxylation sites is 1. The first-order chi connectivity index (χ1) is 17.2. The molecular formula is C28H30FN5O2. The van der Waals surface area contributed by atoms with Crippen molar-refractivity contribution in [3.05, 3.63) is 89.7 Å². The van der Waals surface area contributed by atoms with Gasteiger partial charge in [-0.1, -0.05) is 54.6 Å². The molecule has 2 amide bonds. The lowest BCUT2D eigenvalue weighted by Crippen LogP contribution is -2.50. The SMILES string of the molecule is CCc1ccc(N(C(=O)Cn2nnc3ccccc32)[C@H](C(=O)NC(C)(C)C)c2ccccc2F)cc1. The number of carbonyl (C=O) groups is 2. The third kappa shape index (κ3) is 5.43. The zero-order valence-electron chi connectivity index (χ0n) is 20.9. The van der Waals surface area contributed by atoms with Gasteiger partial charge in [0.1, 0.15) is 23.9 Å². The van der Waals surface area contributed by atoms with Gasteiger partial charge >= 0.3 is 0 Å². The van der Waals surface area contributed by atoms with Crippen molar-refractivity contribution in [2.24, 2.45) is 0 Å². The smallest absolute Gasteiger partial charge is 0.249 e. The van der Waals surface area contributed by atoms with Gasteiger partial charge in [0.05, 0.1) is 5.52 Å². The fourth-order valence-corrected chi connectivity index (χ4v) is 4.10. The number of hydrogen-bond acceptors (Lipinski definition) is 4. The number of aromatic nitrogens is 3. The molecule has 0 saturated carbocycles.